The third kappa shape index (κ3) is 4.33. The van der Waals surface area contributed by atoms with E-state index in [1.54, 1.807) is 25.7 Å². The Labute approximate surface area is 148 Å². The zero-order valence-corrected chi connectivity index (χ0v) is 14.7. The van der Waals surface area contributed by atoms with Crippen molar-refractivity contribution in [2.45, 2.75) is 25.9 Å². The minimum atomic E-state index is 0.00655. The van der Waals surface area contributed by atoms with Crippen molar-refractivity contribution in [2.24, 2.45) is 5.92 Å². The first-order valence-electron chi connectivity index (χ1n) is 8.62. The highest BCUT2D eigenvalue weighted by molar-refractivity contribution is 5.92. The highest BCUT2D eigenvalue weighted by Crippen LogP contribution is 2.24. The van der Waals surface area contributed by atoms with Gasteiger partial charge in [0.15, 0.2) is 0 Å². The Morgan fingerprint density at radius 3 is 2.80 bits per heavy atom. The minimum Gasteiger partial charge on any atom is -0.377 e. The molecule has 2 aromatic rings. The Morgan fingerprint density at radius 1 is 1.32 bits per heavy atom. The Kier molecular flexibility index (Phi) is 5.60. The molecule has 6 nitrogen and oxygen atoms in total. The van der Waals surface area contributed by atoms with Gasteiger partial charge < -0.3 is 15.0 Å². The van der Waals surface area contributed by atoms with Gasteiger partial charge in [-0.3, -0.25) is 9.78 Å². The number of anilines is 2. The van der Waals surface area contributed by atoms with Gasteiger partial charge in [-0.2, -0.15) is 0 Å². The summed E-state index contributed by atoms with van der Waals surface area (Å²) in [5, 5.41) is 3.04. The maximum absolute atomic E-state index is 12.6. The fraction of sp³-hybridized carbons (Fsp3) is 0.421. The number of aromatic nitrogens is 2. The van der Waals surface area contributed by atoms with Gasteiger partial charge in [-0.1, -0.05) is 12.1 Å². The van der Waals surface area contributed by atoms with E-state index in [9.17, 15) is 4.79 Å². The molecule has 0 spiro atoms. The maximum atomic E-state index is 12.6. The van der Waals surface area contributed by atoms with Crippen LogP contribution in [0, 0.1) is 5.92 Å². The van der Waals surface area contributed by atoms with Gasteiger partial charge in [0.05, 0.1) is 12.3 Å². The van der Waals surface area contributed by atoms with Gasteiger partial charge in [-0.05, 0) is 37.5 Å². The molecule has 1 aromatic heterocycles. The van der Waals surface area contributed by atoms with Crippen LogP contribution >= 0.6 is 0 Å². The van der Waals surface area contributed by atoms with E-state index in [1.807, 2.05) is 31.2 Å². The van der Waals surface area contributed by atoms with Gasteiger partial charge in [-0.15, -0.1) is 0 Å². The van der Waals surface area contributed by atoms with Crippen molar-refractivity contribution in [3.63, 3.8) is 0 Å². The lowest BCUT2D eigenvalue weighted by Crippen LogP contribution is -2.38. The first-order chi connectivity index (χ1) is 12.2. The predicted molar refractivity (Wildman–Crippen MR) is 97.5 cm³/mol. The molecule has 1 N–H and O–H groups in total. The third-order valence-corrected chi connectivity index (χ3v) is 4.72. The van der Waals surface area contributed by atoms with Crippen LogP contribution in [-0.2, 0) is 9.53 Å². The molecule has 1 amide bonds. The molecule has 0 bridgehead atoms. The molecule has 0 aliphatic carbocycles. The number of amides is 1. The second kappa shape index (κ2) is 8.07. The maximum Gasteiger partial charge on any atom is 0.227 e. The second-order valence-electron chi connectivity index (χ2n) is 6.32. The van der Waals surface area contributed by atoms with Gasteiger partial charge in [-0.25, -0.2) is 4.98 Å². The van der Waals surface area contributed by atoms with Crippen molar-refractivity contribution in [2.75, 3.05) is 30.4 Å². The van der Waals surface area contributed by atoms with E-state index in [2.05, 4.69) is 20.2 Å². The summed E-state index contributed by atoms with van der Waals surface area (Å²) in [7, 11) is 1.68. The van der Waals surface area contributed by atoms with E-state index in [4.69, 9.17) is 4.74 Å². The summed E-state index contributed by atoms with van der Waals surface area (Å²) >= 11 is 0. The first kappa shape index (κ1) is 17.4. The average Bonchev–Trinajstić information content (AvgIpc) is 2.68. The van der Waals surface area contributed by atoms with Crippen LogP contribution in [0.4, 0.5) is 11.5 Å². The summed E-state index contributed by atoms with van der Waals surface area (Å²) in [5.74, 6) is 0.986. The molecule has 1 aliphatic rings. The topological polar surface area (TPSA) is 67.3 Å². The molecule has 0 saturated carbocycles. The largest absolute Gasteiger partial charge is 0.377 e. The minimum absolute atomic E-state index is 0.00655. The summed E-state index contributed by atoms with van der Waals surface area (Å²) in [4.78, 5) is 23.2. The quantitative estimate of drug-likeness (QED) is 0.906. The molecule has 0 radical (unpaired) electrons. The highest BCUT2D eigenvalue weighted by atomic mass is 16.5. The van der Waals surface area contributed by atoms with E-state index in [0.717, 1.165) is 43.0 Å². The summed E-state index contributed by atoms with van der Waals surface area (Å²) in [6.07, 6.45) is 6.77. The summed E-state index contributed by atoms with van der Waals surface area (Å²) in [6, 6.07) is 7.83. The van der Waals surface area contributed by atoms with Crippen molar-refractivity contribution >= 4 is 17.4 Å². The number of carbonyl (C=O) groups excluding carboxylic acids is 1. The molecule has 25 heavy (non-hydrogen) atoms. The lowest BCUT2D eigenvalue weighted by Gasteiger charge is -2.31. The van der Waals surface area contributed by atoms with Gasteiger partial charge in [0, 0.05) is 44.2 Å². The molecule has 3 rings (SSSR count). The van der Waals surface area contributed by atoms with Crippen molar-refractivity contribution in [3.05, 3.63) is 48.4 Å². The summed E-state index contributed by atoms with van der Waals surface area (Å²) < 4.78 is 5.34. The van der Waals surface area contributed by atoms with Crippen molar-refractivity contribution in [3.8, 4) is 0 Å². The van der Waals surface area contributed by atoms with Crippen LogP contribution in [-0.4, -0.2) is 36.1 Å². The fourth-order valence-corrected chi connectivity index (χ4v) is 3.07. The molecule has 132 valence electrons. The molecule has 1 aromatic carbocycles. The standard InChI is InChI=1S/C19H24N4O2/c1-14(25-2)16-4-3-5-17(12-16)22-19(24)15-6-10-23(11-7-15)18-13-20-8-9-21-18/h3-5,8-9,12-15H,6-7,10-11H2,1-2H3,(H,22,24)/t14-/m0/s1. The third-order valence-electron chi connectivity index (χ3n) is 4.72. The van der Waals surface area contributed by atoms with Crippen LogP contribution in [0.25, 0.3) is 0 Å². The molecule has 1 fully saturated rings. The smallest absolute Gasteiger partial charge is 0.227 e. The fourth-order valence-electron chi connectivity index (χ4n) is 3.07. The van der Waals surface area contributed by atoms with E-state index in [0.29, 0.717) is 0 Å². The number of nitrogens with one attached hydrogen (secondary N) is 1. The van der Waals surface area contributed by atoms with Crippen molar-refractivity contribution in [1.82, 2.24) is 9.97 Å². The van der Waals surface area contributed by atoms with Gasteiger partial charge >= 0.3 is 0 Å². The molecule has 0 unspecified atom stereocenters. The molecule has 1 aliphatic heterocycles. The first-order valence-corrected chi connectivity index (χ1v) is 8.62. The number of rotatable bonds is 5. The van der Waals surface area contributed by atoms with E-state index in [1.165, 1.54) is 0 Å². The molecular formula is C19H24N4O2. The number of piperidine rings is 1. The van der Waals surface area contributed by atoms with Crippen LogP contribution in [0.3, 0.4) is 0 Å². The number of carbonyl (C=O) groups is 1. The monoisotopic (exact) mass is 340 g/mol. The van der Waals surface area contributed by atoms with Gasteiger partial charge in [0.2, 0.25) is 5.91 Å². The van der Waals surface area contributed by atoms with E-state index >= 15 is 0 Å². The van der Waals surface area contributed by atoms with Crippen molar-refractivity contribution in [1.29, 1.82) is 0 Å². The Morgan fingerprint density at radius 2 is 2.12 bits per heavy atom. The number of benzene rings is 1. The van der Waals surface area contributed by atoms with Crippen LogP contribution in [0.15, 0.2) is 42.9 Å². The number of nitrogens with zero attached hydrogens (tertiary/aromatic N) is 3. The molecular weight excluding hydrogens is 316 g/mol. The van der Waals surface area contributed by atoms with E-state index in [-0.39, 0.29) is 17.9 Å². The lowest BCUT2D eigenvalue weighted by atomic mass is 9.95. The average molecular weight is 340 g/mol. The van der Waals surface area contributed by atoms with E-state index < -0.39 is 0 Å². The highest BCUT2D eigenvalue weighted by Gasteiger charge is 2.25. The van der Waals surface area contributed by atoms with Gasteiger partial charge in [0.25, 0.3) is 0 Å². The van der Waals surface area contributed by atoms with Crippen LogP contribution in [0.5, 0.6) is 0 Å². The zero-order valence-electron chi connectivity index (χ0n) is 14.7. The number of hydrogen-bond donors (Lipinski definition) is 1. The summed E-state index contributed by atoms with van der Waals surface area (Å²) in [6.45, 7) is 3.62. The summed E-state index contributed by atoms with van der Waals surface area (Å²) in [5.41, 5.74) is 1.88. The number of methoxy groups -OCH3 is 1. The van der Waals surface area contributed by atoms with Gasteiger partial charge in [0.1, 0.15) is 5.82 Å². The molecule has 1 saturated heterocycles. The number of ether oxygens (including phenoxy) is 1. The molecule has 6 heteroatoms. The Bertz CT molecular complexity index is 700. The Balaban J connectivity index is 1.56. The molecule has 1 atom stereocenters. The Hall–Kier alpha value is -2.47. The van der Waals surface area contributed by atoms with Crippen molar-refractivity contribution < 1.29 is 9.53 Å². The zero-order chi connectivity index (χ0) is 17.6. The second-order valence-corrected chi connectivity index (χ2v) is 6.32. The number of hydrogen-bond acceptors (Lipinski definition) is 5. The van der Waals surface area contributed by atoms with Crippen LogP contribution in [0.2, 0.25) is 0 Å². The molecule has 2 heterocycles. The normalized spacial score (nSPS) is 16.5. The van der Waals surface area contributed by atoms with Crippen LogP contribution < -0.4 is 10.2 Å². The SMILES string of the molecule is CO[C@@H](C)c1cccc(NC(=O)C2CCN(c3cnccn3)CC2)c1. The lowest BCUT2D eigenvalue weighted by molar-refractivity contribution is -0.120. The van der Waals surface area contributed by atoms with Crippen LogP contribution in [0.1, 0.15) is 31.4 Å². The predicted octanol–water partition coefficient (Wildman–Crippen LogP) is 3.04.